The van der Waals surface area contributed by atoms with E-state index >= 15 is 0 Å². The molecule has 0 atom stereocenters. The lowest BCUT2D eigenvalue weighted by Crippen LogP contribution is -2.26. The fourth-order valence-electron chi connectivity index (χ4n) is 2.23. The van der Waals surface area contributed by atoms with Crippen LogP contribution in [0.2, 0.25) is 0 Å². The van der Waals surface area contributed by atoms with Crippen molar-refractivity contribution in [1.29, 1.82) is 0 Å². The first-order valence-corrected chi connectivity index (χ1v) is 7.25. The lowest BCUT2D eigenvalue weighted by atomic mass is 10.1. The van der Waals surface area contributed by atoms with Crippen molar-refractivity contribution < 1.29 is 9.90 Å². The molecule has 0 bridgehead atoms. The van der Waals surface area contributed by atoms with Gasteiger partial charge < -0.3 is 10.4 Å². The van der Waals surface area contributed by atoms with Gasteiger partial charge in [-0.1, -0.05) is 18.2 Å². The Morgan fingerprint density at radius 3 is 2.87 bits per heavy atom. The van der Waals surface area contributed by atoms with Gasteiger partial charge in [0.25, 0.3) is 5.91 Å². The van der Waals surface area contributed by atoms with Crippen molar-refractivity contribution in [3.63, 3.8) is 0 Å². The first kappa shape index (κ1) is 14.8. The molecule has 0 fully saturated rings. The van der Waals surface area contributed by atoms with Crippen LogP contribution in [0.1, 0.15) is 16.1 Å². The van der Waals surface area contributed by atoms with Crippen LogP contribution in [-0.4, -0.2) is 32.7 Å². The van der Waals surface area contributed by atoms with Gasteiger partial charge >= 0.3 is 0 Å². The highest BCUT2D eigenvalue weighted by Crippen LogP contribution is 2.27. The Bertz CT molecular complexity index is 799. The number of carbonyl (C=O) groups is 1. The standard InChI is InChI=1S/C17H16N4O2/c22-16-6-2-1-5-13(16)14-10-15(21-20-14)17(23)19-9-7-12-4-3-8-18-11-12/h1-6,8,10-11,22H,7,9H2,(H,19,23)(H,20,21). The van der Waals surface area contributed by atoms with Crippen molar-refractivity contribution >= 4 is 5.91 Å². The van der Waals surface area contributed by atoms with Crippen LogP contribution in [0.15, 0.2) is 54.9 Å². The molecule has 23 heavy (non-hydrogen) atoms. The summed E-state index contributed by atoms with van der Waals surface area (Å²) in [6, 6.07) is 12.3. The molecule has 0 aliphatic rings. The van der Waals surface area contributed by atoms with Crippen molar-refractivity contribution in [3.05, 3.63) is 66.1 Å². The van der Waals surface area contributed by atoms with Gasteiger partial charge in [0, 0.05) is 24.5 Å². The first-order valence-electron chi connectivity index (χ1n) is 7.25. The normalized spacial score (nSPS) is 10.4. The number of hydrogen-bond acceptors (Lipinski definition) is 4. The zero-order chi connectivity index (χ0) is 16.1. The third kappa shape index (κ3) is 3.55. The number of para-hydroxylation sites is 1. The summed E-state index contributed by atoms with van der Waals surface area (Å²) in [6.45, 7) is 0.509. The third-order valence-corrected chi connectivity index (χ3v) is 3.42. The topological polar surface area (TPSA) is 90.9 Å². The van der Waals surface area contributed by atoms with Gasteiger partial charge in [-0.05, 0) is 36.2 Å². The molecule has 3 rings (SSSR count). The van der Waals surface area contributed by atoms with Gasteiger partial charge in [0.05, 0.1) is 5.69 Å². The Morgan fingerprint density at radius 2 is 2.09 bits per heavy atom. The van der Waals surface area contributed by atoms with Crippen LogP contribution in [0.3, 0.4) is 0 Å². The summed E-state index contributed by atoms with van der Waals surface area (Å²) in [5.41, 5.74) is 2.53. The monoisotopic (exact) mass is 308 g/mol. The molecule has 116 valence electrons. The summed E-state index contributed by atoms with van der Waals surface area (Å²) in [6.07, 6.45) is 4.20. The number of benzene rings is 1. The number of carbonyl (C=O) groups excluding carboxylic acids is 1. The molecule has 3 N–H and O–H groups in total. The van der Waals surface area contributed by atoms with Gasteiger partial charge in [-0.3, -0.25) is 14.9 Å². The summed E-state index contributed by atoms with van der Waals surface area (Å²) in [7, 11) is 0. The molecule has 0 unspecified atom stereocenters. The van der Waals surface area contributed by atoms with E-state index in [1.165, 1.54) is 0 Å². The van der Waals surface area contributed by atoms with Crippen LogP contribution in [-0.2, 0) is 6.42 Å². The van der Waals surface area contributed by atoms with Crippen LogP contribution < -0.4 is 5.32 Å². The highest BCUT2D eigenvalue weighted by atomic mass is 16.3. The van der Waals surface area contributed by atoms with Crippen LogP contribution >= 0.6 is 0 Å². The molecule has 0 aliphatic heterocycles. The van der Waals surface area contributed by atoms with Crippen LogP contribution in [0.25, 0.3) is 11.3 Å². The number of phenols is 1. The molecule has 2 heterocycles. The number of H-pyrrole nitrogens is 1. The zero-order valence-corrected chi connectivity index (χ0v) is 12.4. The number of pyridine rings is 1. The van der Waals surface area contributed by atoms with Crippen LogP contribution in [0, 0.1) is 0 Å². The fourth-order valence-corrected chi connectivity index (χ4v) is 2.23. The van der Waals surface area contributed by atoms with E-state index < -0.39 is 0 Å². The largest absolute Gasteiger partial charge is 0.507 e. The average molecular weight is 308 g/mol. The van der Waals surface area contributed by atoms with Crippen LogP contribution in [0.4, 0.5) is 0 Å². The minimum Gasteiger partial charge on any atom is -0.507 e. The molecular weight excluding hydrogens is 292 g/mol. The maximum atomic E-state index is 12.1. The predicted molar refractivity (Wildman–Crippen MR) is 86.0 cm³/mol. The minimum absolute atomic E-state index is 0.127. The Labute approximate surface area is 133 Å². The third-order valence-electron chi connectivity index (χ3n) is 3.42. The van der Waals surface area contributed by atoms with E-state index in [-0.39, 0.29) is 11.7 Å². The first-order chi connectivity index (χ1) is 11.2. The number of nitrogens with zero attached hydrogens (tertiary/aromatic N) is 2. The number of phenolic OH excluding ortho intramolecular Hbond substituents is 1. The molecule has 0 saturated heterocycles. The van der Waals surface area contributed by atoms with E-state index in [1.807, 2.05) is 12.1 Å². The van der Waals surface area contributed by atoms with E-state index in [2.05, 4.69) is 20.5 Å². The smallest absolute Gasteiger partial charge is 0.269 e. The second-order valence-corrected chi connectivity index (χ2v) is 5.05. The van der Waals surface area contributed by atoms with Crippen molar-refractivity contribution in [3.8, 4) is 17.0 Å². The minimum atomic E-state index is -0.233. The van der Waals surface area contributed by atoms with Gasteiger partial charge in [-0.2, -0.15) is 5.10 Å². The van der Waals surface area contributed by atoms with E-state index in [9.17, 15) is 9.90 Å². The maximum absolute atomic E-state index is 12.1. The maximum Gasteiger partial charge on any atom is 0.269 e. The Kier molecular flexibility index (Phi) is 4.33. The van der Waals surface area contributed by atoms with Crippen molar-refractivity contribution in [2.75, 3.05) is 6.54 Å². The Hall–Kier alpha value is -3.15. The van der Waals surface area contributed by atoms with E-state index in [1.54, 1.807) is 42.7 Å². The van der Waals surface area contributed by atoms with Gasteiger partial charge in [-0.15, -0.1) is 0 Å². The quantitative estimate of drug-likeness (QED) is 0.673. The molecule has 0 spiro atoms. The number of aromatic amines is 1. The van der Waals surface area contributed by atoms with Crippen LogP contribution in [0.5, 0.6) is 5.75 Å². The molecule has 0 radical (unpaired) electrons. The summed E-state index contributed by atoms with van der Waals surface area (Å²) < 4.78 is 0. The van der Waals surface area contributed by atoms with Crippen molar-refractivity contribution in [2.24, 2.45) is 0 Å². The lowest BCUT2D eigenvalue weighted by Gasteiger charge is -2.03. The summed E-state index contributed by atoms with van der Waals surface area (Å²) in [4.78, 5) is 16.1. The number of nitrogens with one attached hydrogen (secondary N) is 2. The number of aromatic hydroxyl groups is 1. The van der Waals surface area contributed by atoms with Crippen molar-refractivity contribution in [2.45, 2.75) is 6.42 Å². The molecule has 6 heteroatoms. The number of hydrogen-bond donors (Lipinski definition) is 3. The molecule has 3 aromatic rings. The van der Waals surface area contributed by atoms with E-state index in [0.717, 1.165) is 5.56 Å². The molecule has 2 aromatic heterocycles. The second kappa shape index (κ2) is 6.74. The second-order valence-electron chi connectivity index (χ2n) is 5.05. The summed E-state index contributed by atoms with van der Waals surface area (Å²) in [5.74, 6) is -0.106. The van der Waals surface area contributed by atoms with Gasteiger partial charge in [0.1, 0.15) is 11.4 Å². The predicted octanol–water partition coefficient (Wildman–Crippen LogP) is 2.15. The highest BCUT2D eigenvalue weighted by Gasteiger charge is 2.12. The number of aromatic nitrogens is 3. The molecule has 1 amide bonds. The Balaban J connectivity index is 1.62. The summed E-state index contributed by atoms with van der Waals surface area (Å²) in [5, 5.41) is 19.4. The summed E-state index contributed by atoms with van der Waals surface area (Å²) >= 11 is 0. The number of rotatable bonds is 5. The molecule has 0 aliphatic carbocycles. The van der Waals surface area contributed by atoms with Gasteiger partial charge in [0.2, 0.25) is 0 Å². The lowest BCUT2D eigenvalue weighted by molar-refractivity contribution is 0.0949. The van der Waals surface area contributed by atoms with Crippen molar-refractivity contribution in [1.82, 2.24) is 20.5 Å². The van der Waals surface area contributed by atoms with E-state index in [0.29, 0.717) is 29.9 Å². The Morgan fingerprint density at radius 1 is 1.22 bits per heavy atom. The number of amides is 1. The molecular formula is C17H16N4O2. The van der Waals surface area contributed by atoms with E-state index in [4.69, 9.17) is 0 Å². The molecule has 6 nitrogen and oxygen atoms in total. The highest BCUT2D eigenvalue weighted by molar-refractivity contribution is 5.93. The van der Waals surface area contributed by atoms with Gasteiger partial charge in [0.15, 0.2) is 0 Å². The zero-order valence-electron chi connectivity index (χ0n) is 12.4. The fraction of sp³-hybridized carbons (Fsp3) is 0.118. The average Bonchev–Trinajstić information content (AvgIpc) is 3.06. The SMILES string of the molecule is O=C(NCCc1cccnc1)c1cc(-c2ccccc2O)n[nH]1. The van der Waals surface area contributed by atoms with Gasteiger partial charge in [-0.25, -0.2) is 0 Å². The molecule has 0 saturated carbocycles. The molecule has 1 aromatic carbocycles.